The molecule has 0 fully saturated rings. The van der Waals surface area contributed by atoms with Gasteiger partial charge in [-0.05, 0) is 30.0 Å². The highest BCUT2D eigenvalue weighted by atomic mass is 35.5. The molecule has 2 heterocycles. The van der Waals surface area contributed by atoms with Crippen molar-refractivity contribution in [3.05, 3.63) is 39.7 Å². The summed E-state index contributed by atoms with van der Waals surface area (Å²) in [6.07, 6.45) is 1.10. The van der Waals surface area contributed by atoms with Crippen LogP contribution < -0.4 is 4.90 Å². The van der Waals surface area contributed by atoms with Crippen molar-refractivity contribution in [2.45, 2.75) is 13.5 Å². The largest absolute Gasteiger partial charge is 0.349 e. The van der Waals surface area contributed by atoms with Gasteiger partial charge in [0.2, 0.25) is 5.28 Å². The van der Waals surface area contributed by atoms with Crippen LogP contribution in [0.25, 0.3) is 0 Å². The minimum atomic E-state index is -0.451. The molecule has 0 N–H and O–H groups in total. The van der Waals surface area contributed by atoms with Crippen LogP contribution in [0.1, 0.15) is 11.8 Å². The lowest BCUT2D eigenvalue weighted by molar-refractivity contribution is 0.602. The first-order valence-electron chi connectivity index (χ1n) is 5.16. The molecule has 0 unspecified atom stereocenters. The van der Waals surface area contributed by atoms with Crippen LogP contribution in [0, 0.1) is 5.82 Å². The molecule has 17 heavy (non-hydrogen) atoms. The topological polar surface area (TPSA) is 29.0 Å². The van der Waals surface area contributed by atoms with E-state index < -0.39 is 5.82 Å². The molecule has 2 aromatic heterocycles. The van der Waals surface area contributed by atoms with Crippen LogP contribution in [0.2, 0.25) is 5.28 Å². The van der Waals surface area contributed by atoms with Gasteiger partial charge in [0.25, 0.3) is 0 Å². The number of halogens is 2. The zero-order valence-electron chi connectivity index (χ0n) is 9.23. The van der Waals surface area contributed by atoms with Gasteiger partial charge < -0.3 is 4.90 Å². The van der Waals surface area contributed by atoms with Crippen molar-refractivity contribution >= 4 is 28.8 Å². The summed E-state index contributed by atoms with van der Waals surface area (Å²) in [4.78, 5) is 10.5. The van der Waals surface area contributed by atoms with Gasteiger partial charge in [-0.1, -0.05) is 6.07 Å². The van der Waals surface area contributed by atoms with E-state index in [9.17, 15) is 4.39 Å². The van der Waals surface area contributed by atoms with E-state index in [2.05, 4.69) is 9.97 Å². The van der Waals surface area contributed by atoms with Crippen LogP contribution in [0.4, 0.5) is 10.2 Å². The first-order chi connectivity index (χ1) is 8.20. The Hall–Kier alpha value is -1.20. The molecular weight excluding hydrogens is 261 g/mol. The molecule has 2 rings (SSSR count). The summed E-state index contributed by atoms with van der Waals surface area (Å²) >= 11 is 7.32. The number of thiophene rings is 1. The van der Waals surface area contributed by atoms with E-state index >= 15 is 0 Å². The highest BCUT2D eigenvalue weighted by Crippen LogP contribution is 2.21. The molecule has 0 aliphatic rings. The first-order valence-corrected chi connectivity index (χ1v) is 6.42. The van der Waals surface area contributed by atoms with Crippen molar-refractivity contribution < 1.29 is 4.39 Å². The standard InChI is InChI=1S/C11H11ClFN3S/c1-2-16(7-8-4-3-5-17-8)10-9(13)6-14-11(12)15-10/h3-6H,2,7H2,1H3. The fraction of sp³-hybridized carbons (Fsp3) is 0.273. The van der Waals surface area contributed by atoms with E-state index in [-0.39, 0.29) is 11.1 Å². The molecule has 0 radical (unpaired) electrons. The van der Waals surface area contributed by atoms with E-state index in [0.29, 0.717) is 13.1 Å². The molecule has 0 saturated heterocycles. The number of hydrogen-bond donors (Lipinski definition) is 0. The number of aromatic nitrogens is 2. The summed E-state index contributed by atoms with van der Waals surface area (Å²) in [5, 5.41) is 2.05. The number of rotatable bonds is 4. The Labute approximate surface area is 108 Å². The molecule has 0 atom stereocenters. The first kappa shape index (κ1) is 12.3. The Morgan fingerprint density at radius 3 is 3.00 bits per heavy atom. The monoisotopic (exact) mass is 271 g/mol. The third-order valence-corrected chi connectivity index (χ3v) is 3.35. The number of nitrogens with zero attached hydrogens (tertiary/aromatic N) is 3. The van der Waals surface area contributed by atoms with E-state index in [1.807, 2.05) is 29.3 Å². The van der Waals surface area contributed by atoms with Crippen LogP contribution in [-0.2, 0) is 6.54 Å². The van der Waals surface area contributed by atoms with Crippen molar-refractivity contribution in [2.24, 2.45) is 0 Å². The molecule has 0 aliphatic carbocycles. The molecule has 0 aromatic carbocycles. The summed E-state index contributed by atoms with van der Waals surface area (Å²) in [5.74, 6) is -0.200. The van der Waals surface area contributed by atoms with Crippen LogP contribution in [0.5, 0.6) is 0 Å². The van der Waals surface area contributed by atoms with E-state index in [0.717, 1.165) is 11.1 Å². The molecule has 0 saturated carbocycles. The Morgan fingerprint density at radius 1 is 1.53 bits per heavy atom. The summed E-state index contributed by atoms with van der Waals surface area (Å²) < 4.78 is 13.6. The van der Waals surface area contributed by atoms with Crippen molar-refractivity contribution in [3.63, 3.8) is 0 Å². The molecule has 0 bridgehead atoms. The summed E-state index contributed by atoms with van der Waals surface area (Å²) in [7, 11) is 0. The van der Waals surface area contributed by atoms with Crippen LogP contribution in [0.15, 0.2) is 23.7 Å². The number of hydrogen-bond acceptors (Lipinski definition) is 4. The molecule has 0 amide bonds. The van der Waals surface area contributed by atoms with E-state index in [1.165, 1.54) is 0 Å². The lowest BCUT2D eigenvalue weighted by Crippen LogP contribution is -2.24. The number of anilines is 1. The third-order valence-electron chi connectivity index (χ3n) is 2.30. The predicted octanol–water partition coefficient (Wildman–Crippen LogP) is 3.36. The second kappa shape index (κ2) is 5.42. The van der Waals surface area contributed by atoms with Crippen LogP contribution in [-0.4, -0.2) is 16.5 Å². The summed E-state index contributed by atoms with van der Waals surface area (Å²) in [5.41, 5.74) is 0. The molecule has 90 valence electrons. The maximum atomic E-state index is 13.6. The maximum absolute atomic E-state index is 13.6. The zero-order chi connectivity index (χ0) is 12.3. The summed E-state index contributed by atoms with van der Waals surface area (Å²) in [6, 6.07) is 3.98. The highest BCUT2D eigenvalue weighted by molar-refractivity contribution is 7.09. The van der Waals surface area contributed by atoms with Crippen molar-refractivity contribution in [3.8, 4) is 0 Å². The Balaban J connectivity index is 2.25. The lowest BCUT2D eigenvalue weighted by Gasteiger charge is -2.21. The van der Waals surface area contributed by atoms with Gasteiger partial charge in [0.1, 0.15) is 0 Å². The van der Waals surface area contributed by atoms with Crippen LogP contribution >= 0.6 is 22.9 Å². The molecule has 6 heteroatoms. The average Bonchev–Trinajstić information content (AvgIpc) is 2.82. The Kier molecular flexibility index (Phi) is 3.91. The zero-order valence-corrected chi connectivity index (χ0v) is 10.8. The average molecular weight is 272 g/mol. The van der Waals surface area contributed by atoms with E-state index in [4.69, 9.17) is 11.6 Å². The Bertz CT molecular complexity index is 489. The predicted molar refractivity (Wildman–Crippen MR) is 68.0 cm³/mol. The van der Waals surface area contributed by atoms with Gasteiger partial charge in [0, 0.05) is 11.4 Å². The van der Waals surface area contributed by atoms with Crippen molar-refractivity contribution in [1.29, 1.82) is 0 Å². The van der Waals surface area contributed by atoms with Gasteiger partial charge >= 0.3 is 0 Å². The molecule has 2 aromatic rings. The van der Waals surface area contributed by atoms with Crippen LogP contribution in [0.3, 0.4) is 0 Å². The molecule has 0 aliphatic heterocycles. The normalized spacial score (nSPS) is 10.5. The smallest absolute Gasteiger partial charge is 0.224 e. The van der Waals surface area contributed by atoms with Gasteiger partial charge in [-0.2, -0.15) is 4.98 Å². The third kappa shape index (κ3) is 2.92. The second-order valence-electron chi connectivity index (χ2n) is 3.40. The molecule has 3 nitrogen and oxygen atoms in total. The molecular formula is C11H11ClFN3S. The lowest BCUT2D eigenvalue weighted by atomic mass is 10.4. The van der Waals surface area contributed by atoms with Crippen molar-refractivity contribution in [2.75, 3.05) is 11.4 Å². The fourth-order valence-corrected chi connectivity index (χ4v) is 2.33. The maximum Gasteiger partial charge on any atom is 0.224 e. The quantitative estimate of drug-likeness (QED) is 0.799. The minimum absolute atomic E-state index is 0.0611. The van der Waals surface area contributed by atoms with Gasteiger partial charge in [0.05, 0.1) is 12.7 Å². The van der Waals surface area contributed by atoms with Crippen molar-refractivity contribution in [1.82, 2.24) is 9.97 Å². The minimum Gasteiger partial charge on any atom is -0.349 e. The fourth-order valence-electron chi connectivity index (χ4n) is 1.49. The van der Waals surface area contributed by atoms with E-state index in [1.54, 1.807) is 11.3 Å². The highest BCUT2D eigenvalue weighted by Gasteiger charge is 2.13. The SMILES string of the molecule is CCN(Cc1cccs1)c1nc(Cl)ncc1F. The van der Waals surface area contributed by atoms with Gasteiger partial charge in [-0.25, -0.2) is 9.37 Å². The Morgan fingerprint density at radius 2 is 2.35 bits per heavy atom. The second-order valence-corrected chi connectivity index (χ2v) is 4.77. The van der Waals surface area contributed by atoms with Gasteiger partial charge in [0.15, 0.2) is 11.6 Å². The van der Waals surface area contributed by atoms with Gasteiger partial charge in [-0.3, -0.25) is 0 Å². The van der Waals surface area contributed by atoms with Gasteiger partial charge in [-0.15, -0.1) is 11.3 Å². The molecule has 0 spiro atoms. The summed E-state index contributed by atoms with van der Waals surface area (Å²) in [6.45, 7) is 3.23.